The number of nitrogens with zero attached hydrogens (tertiary/aromatic N) is 3. The molecular weight excluding hydrogens is 483 g/mol. The molecule has 2 atom stereocenters. The van der Waals surface area contributed by atoms with Crippen molar-refractivity contribution in [2.75, 3.05) is 26.7 Å². The topological polar surface area (TPSA) is 74.2 Å². The molecule has 0 aliphatic carbocycles. The molecule has 1 N–H and O–H groups in total. The van der Waals surface area contributed by atoms with E-state index in [0.29, 0.717) is 40.8 Å². The molecule has 0 aromatic heterocycles. The molecular formula is C27H24ClFN4O3. The van der Waals surface area contributed by atoms with Gasteiger partial charge in [0.2, 0.25) is 5.91 Å². The summed E-state index contributed by atoms with van der Waals surface area (Å²) in [5, 5.41) is 3.32. The van der Waals surface area contributed by atoms with Crippen LogP contribution in [0.5, 0.6) is 5.75 Å². The number of hydrogen-bond acceptors (Lipinski definition) is 4. The Bertz CT molecular complexity index is 1310. The normalized spacial score (nSPS) is 19.6. The highest BCUT2D eigenvalue weighted by atomic mass is 35.5. The number of carbonyl (C=O) groups excluding carboxylic acids is 2. The largest absolute Gasteiger partial charge is 0.497 e. The zero-order valence-electron chi connectivity index (χ0n) is 19.5. The number of halogens is 2. The smallest absolute Gasteiger partial charge is 0.326 e. The van der Waals surface area contributed by atoms with Gasteiger partial charge in [-0.25, -0.2) is 9.18 Å². The zero-order valence-corrected chi connectivity index (χ0v) is 20.3. The molecule has 1 fully saturated rings. The lowest BCUT2D eigenvalue weighted by molar-refractivity contribution is -0.123. The number of ether oxygens (including phenoxy) is 1. The first-order valence-corrected chi connectivity index (χ1v) is 11.9. The maximum absolute atomic E-state index is 14.4. The van der Waals surface area contributed by atoms with Crippen molar-refractivity contribution in [2.45, 2.75) is 12.1 Å². The summed E-state index contributed by atoms with van der Waals surface area (Å²) < 4.78 is 19.7. The average molecular weight is 507 g/mol. The quantitative estimate of drug-likeness (QED) is 0.562. The molecule has 36 heavy (non-hydrogen) atoms. The van der Waals surface area contributed by atoms with E-state index in [1.807, 2.05) is 24.3 Å². The molecule has 1 saturated heterocycles. The fourth-order valence-electron chi connectivity index (χ4n) is 4.59. The van der Waals surface area contributed by atoms with Gasteiger partial charge in [0.1, 0.15) is 30.0 Å². The Morgan fingerprint density at radius 2 is 1.83 bits per heavy atom. The summed E-state index contributed by atoms with van der Waals surface area (Å²) in [6.07, 6.45) is 0. The van der Waals surface area contributed by atoms with E-state index in [-0.39, 0.29) is 18.5 Å². The summed E-state index contributed by atoms with van der Waals surface area (Å²) >= 11 is 6.13. The van der Waals surface area contributed by atoms with Gasteiger partial charge in [-0.1, -0.05) is 35.9 Å². The lowest BCUT2D eigenvalue weighted by atomic mass is 9.93. The van der Waals surface area contributed by atoms with Crippen molar-refractivity contribution in [3.05, 3.63) is 100 Å². The van der Waals surface area contributed by atoms with E-state index in [1.165, 1.54) is 17.0 Å². The molecule has 3 amide bonds. The van der Waals surface area contributed by atoms with E-state index in [4.69, 9.17) is 21.3 Å². The maximum atomic E-state index is 14.4. The van der Waals surface area contributed by atoms with Crippen LogP contribution in [0, 0.1) is 5.82 Å². The van der Waals surface area contributed by atoms with E-state index < -0.39 is 17.9 Å². The van der Waals surface area contributed by atoms with Gasteiger partial charge in [0, 0.05) is 23.7 Å². The van der Waals surface area contributed by atoms with Gasteiger partial charge in [-0.05, 0) is 59.7 Å². The van der Waals surface area contributed by atoms with Gasteiger partial charge in [0.25, 0.3) is 0 Å². The van der Waals surface area contributed by atoms with Gasteiger partial charge in [-0.3, -0.25) is 14.7 Å². The summed E-state index contributed by atoms with van der Waals surface area (Å²) in [5.74, 6) is 0.458. The van der Waals surface area contributed by atoms with Gasteiger partial charge in [0.05, 0.1) is 13.2 Å². The van der Waals surface area contributed by atoms with Gasteiger partial charge in [0.15, 0.2) is 0 Å². The first-order valence-electron chi connectivity index (χ1n) is 11.5. The fraction of sp³-hybridized carbons (Fsp3) is 0.222. The first-order chi connectivity index (χ1) is 17.4. The third kappa shape index (κ3) is 4.64. The van der Waals surface area contributed by atoms with Crippen LogP contribution in [0.4, 0.5) is 9.18 Å². The van der Waals surface area contributed by atoms with Crippen LogP contribution in [0.15, 0.2) is 77.8 Å². The number of nitrogens with one attached hydrogen (secondary N) is 1. The second-order valence-electron chi connectivity index (χ2n) is 8.60. The van der Waals surface area contributed by atoms with Crippen LogP contribution >= 0.6 is 11.6 Å². The Hall–Kier alpha value is -3.91. The van der Waals surface area contributed by atoms with E-state index in [2.05, 4.69) is 5.32 Å². The maximum Gasteiger partial charge on any atom is 0.326 e. The summed E-state index contributed by atoms with van der Waals surface area (Å²) in [6, 6.07) is 19.1. The molecule has 0 radical (unpaired) electrons. The number of methoxy groups -OCH3 is 1. The van der Waals surface area contributed by atoms with Crippen LogP contribution in [0.25, 0.3) is 0 Å². The number of urea groups is 1. The molecule has 7 nitrogen and oxygen atoms in total. The number of rotatable bonds is 4. The van der Waals surface area contributed by atoms with Crippen molar-refractivity contribution in [3.63, 3.8) is 0 Å². The Labute approximate surface area is 213 Å². The highest BCUT2D eigenvalue weighted by Crippen LogP contribution is 2.44. The summed E-state index contributed by atoms with van der Waals surface area (Å²) in [6.45, 7) is 0.657. The molecule has 3 aromatic rings. The minimum atomic E-state index is -0.642. The van der Waals surface area contributed by atoms with Crippen LogP contribution in [0.1, 0.15) is 28.8 Å². The summed E-state index contributed by atoms with van der Waals surface area (Å²) in [7, 11) is 1.58. The van der Waals surface area contributed by atoms with Gasteiger partial charge < -0.3 is 15.0 Å². The van der Waals surface area contributed by atoms with Crippen molar-refractivity contribution < 1.29 is 18.7 Å². The average Bonchev–Trinajstić information content (AvgIpc) is 3.29. The van der Waals surface area contributed by atoms with E-state index in [1.54, 1.807) is 48.4 Å². The Kier molecular flexibility index (Phi) is 6.61. The second-order valence-corrected chi connectivity index (χ2v) is 9.04. The predicted octanol–water partition coefficient (Wildman–Crippen LogP) is 4.58. The number of carbonyl (C=O) groups is 2. The molecule has 2 aliphatic heterocycles. The molecule has 2 heterocycles. The van der Waals surface area contributed by atoms with Crippen LogP contribution in [-0.2, 0) is 4.79 Å². The van der Waals surface area contributed by atoms with Crippen LogP contribution in [0.2, 0.25) is 5.02 Å². The van der Waals surface area contributed by atoms with Crippen LogP contribution in [-0.4, -0.2) is 54.3 Å². The minimum absolute atomic E-state index is 0.0628. The van der Waals surface area contributed by atoms with Crippen molar-refractivity contribution in [1.82, 2.24) is 15.1 Å². The van der Waals surface area contributed by atoms with E-state index in [9.17, 15) is 14.0 Å². The second kappa shape index (κ2) is 9.99. The zero-order chi connectivity index (χ0) is 25.2. The van der Waals surface area contributed by atoms with Crippen molar-refractivity contribution >= 4 is 29.4 Å². The number of amidine groups is 1. The molecule has 184 valence electrons. The van der Waals surface area contributed by atoms with Crippen molar-refractivity contribution in [3.8, 4) is 5.75 Å². The first kappa shape index (κ1) is 23.8. The SMILES string of the molecule is COc1ccc(C2=NC(c3ccc(Cl)cc3)C(c3cccc(F)c3)N2C(=O)N2CCNC(=O)C2)cc1. The Morgan fingerprint density at radius 1 is 1.08 bits per heavy atom. The lowest BCUT2D eigenvalue weighted by Crippen LogP contribution is -2.55. The molecule has 0 bridgehead atoms. The Morgan fingerprint density at radius 3 is 2.50 bits per heavy atom. The number of amides is 3. The van der Waals surface area contributed by atoms with Crippen molar-refractivity contribution in [1.29, 1.82) is 0 Å². The third-order valence-corrected chi connectivity index (χ3v) is 6.58. The number of piperazine rings is 1. The summed E-state index contributed by atoms with van der Waals surface area (Å²) in [5.41, 5.74) is 2.12. The van der Waals surface area contributed by atoms with Gasteiger partial charge in [-0.15, -0.1) is 0 Å². The van der Waals surface area contributed by atoms with Crippen molar-refractivity contribution in [2.24, 2.45) is 4.99 Å². The molecule has 3 aromatic carbocycles. The molecule has 5 rings (SSSR count). The standard InChI is InChI=1S/C27H24ClFN4O3/c1-36-22-11-7-18(8-12-22)26-31-24(17-5-9-20(28)10-6-17)25(19-3-2-4-21(29)15-19)33(26)27(35)32-14-13-30-23(34)16-32/h2-12,15,24-25H,13-14,16H2,1H3,(H,30,34). The monoisotopic (exact) mass is 506 g/mol. The van der Waals surface area contributed by atoms with Crippen LogP contribution < -0.4 is 10.1 Å². The third-order valence-electron chi connectivity index (χ3n) is 6.33. The molecule has 2 aliphatic rings. The predicted molar refractivity (Wildman–Crippen MR) is 135 cm³/mol. The highest BCUT2D eigenvalue weighted by molar-refractivity contribution is 6.30. The molecule has 2 unspecified atom stereocenters. The number of benzene rings is 3. The summed E-state index contributed by atoms with van der Waals surface area (Å²) in [4.78, 5) is 34.2. The fourth-order valence-corrected chi connectivity index (χ4v) is 4.72. The molecule has 9 heteroatoms. The Balaban J connectivity index is 1.66. The molecule has 0 saturated carbocycles. The highest BCUT2D eigenvalue weighted by Gasteiger charge is 2.44. The van der Waals surface area contributed by atoms with E-state index >= 15 is 0 Å². The number of hydrogen-bond donors (Lipinski definition) is 1. The van der Waals surface area contributed by atoms with Crippen LogP contribution in [0.3, 0.4) is 0 Å². The minimum Gasteiger partial charge on any atom is -0.497 e. The molecule has 0 spiro atoms. The number of aliphatic imine (C=N–C) groups is 1. The van der Waals surface area contributed by atoms with E-state index in [0.717, 1.165) is 5.56 Å². The lowest BCUT2D eigenvalue weighted by Gasteiger charge is -2.35. The van der Waals surface area contributed by atoms with Gasteiger partial charge in [-0.2, -0.15) is 0 Å². The van der Waals surface area contributed by atoms with Gasteiger partial charge >= 0.3 is 6.03 Å².